The van der Waals surface area contributed by atoms with E-state index in [2.05, 4.69) is 37.8 Å². The van der Waals surface area contributed by atoms with Crippen LogP contribution in [0, 0.1) is 0 Å². The van der Waals surface area contributed by atoms with Gasteiger partial charge in [0.1, 0.15) is 13.6 Å². The first-order valence-electron chi connectivity index (χ1n) is 8.42. The molecule has 1 aromatic carbocycles. The zero-order chi connectivity index (χ0) is 16.5. The van der Waals surface area contributed by atoms with Crippen LogP contribution < -0.4 is 4.74 Å². The van der Waals surface area contributed by atoms with Gasteiger partial charge in [0, 0.05) is 9.38 Å². The van der Waals surface area contributed by atoms with Gasteiger partial charge in [-0.2, -0.15) is 12.6 Å². The summed E-state index contributed by atoms with van der Waals surface area (Å²) in [6, 6.07) is 6.51. The average Bonchev–Trinajstić information content (AvgIpc) is 2.50. The third-order valence-corrected chi connectivity index (χ3v) is 8.62. The Morgan fingerprint density at radius 2 is 1.91 bits per heavy atom. The van der Waals surface area contributed by atoms with E-state index >= 15 is 0 Å². The maximum atomic E-state index is 6.28. The van der Waals surface area contributed by atoms with Crippen LogP contribution in [0.5, 0.6) is 5.75 Å². The zero-order valence-electron chi connectivity index (χ0n) is 13.7. The van der Waals surface area contributed by atoms with Crippen LogP contribution in [0.15, 0.2) is 23.1 Å². The van der Waals surface area contributed by atoms with Crippen molar-refractivity contribution in [2.45, 2.75) is 73.8 Å². The molecular weight excluding hydrogens is 359 g/mol. The van der Waals surface area contributed by atoms with Gasteiger partial charge in [0.2, 0.25) is 0 Å². The van der Waals surface area contributed by atoms with E-state index in [1.807, 2.05) is 0 Å². The molecular formula is C17H25BOS4. The molecule has 0 aromatic heterocycles. The van der Waals surface area contributed by atoms with Crippen molar-refractivity contribution in [1.29, 1.82) is 0 Å². The third kappa shape index (κ3) is 7.49. The van der Waals surface area contributed by atoms with E-state index in [0.717, 1.165) is 12.2 Å². The summed E-state index contributed by atoms with van der Waals surface area (Å²) in [4.78, 5) is 1.30. The summed E-state index contributed by atoms with van der Waals surface area (Å²) < 4.78 is 6.14. The fourth-order valence-electron chi connectivity index (χ4n) is 2.81. The van der Waals surface area contributed by atoms with Crippen LogP contribution in [0.25, 0.3) is 0 Å². The average molecular weight is 384 g/mol. The van der Waals surface area contributed by atoms with E-state index in [0.29, 0.717) is 6.10 Å². The molecule has 126 valence electrons. The number of ether oxygens (including phenoxy) is 1. The minimum absolute atomic E-state index is 0.139. The van der Waals surface area contributed by atoms with Gasteiger partial charge >= 0.3 is 0 Å². The number of thiol groups is 1. The Morgan fingerprint density at radius 1 is 1.22 bits per heavy atom. The molecule has 0 saturated heterocycles. The van der Waals surface area contributed by atoms with E-state index in [-0.39, 0.29) is 4.48 Å². The second kappa shape index (κ2) is 11.2. The van der Waals surface area contributed by atoms with Gasteiger partial charge in [0.25, 0.3) is 0 Å². The lowest BCUT2D eigenvalue weighted by molar-refractivity contribution is 0.166. The number of hydrogen-bond acceptors (Lipinski definition) is 5. The Hall–Kier alpha value is 0.485. The fourth-order valence-corrected chi connectivity index (χ4v) is 7.19. The molecule has 1 fully saturated rings. The molecule has 0 bridgehead atoms. The lowest BCUT2D eigenvalue weighted by Crippen LogP contribution is -2.17. The van der Waals surface area contributed by atoms with Crippen LogP contribution in [0.2, 0.25) is 0 Å². The van der Waals surface area contributed by atoms with Crippen molar-refractivity contribution in [3.05, 3.63) is 23.8 Å². The summed E-state index contributed by atoms with van der Waals surface area (Å²) in [5, 5.41) is 0. The van der Waals surface area contributed by atoms with Crippen molar-refractivity contribution in [3.8, 4) is 5.75 Å². The van der Waals surface area contributed by atoms with Crippen molar-refractivity contribution in [2.24, 2.45) is 0 Å². The minimum atomic E-state index is -0.139. The maximum absolute atomic E-state index is 6.28. The first-order valence-corrected chi connectivity index (χ1v) is 12.5. The van der Waals surface area contributed by atoms with Gasteiger partial charge in [-0.1, -0.05) is 37.0 Å². The van der Waals surface area contributed by atoms with Crippen LogP contribution in [0.3, 0.4) is 0 Å². The van der Waals surface area contributed by atoms with Crippen molar-refractivity contribution >= 4 is 51.9 Å². The zero-order valence-corrected chi connectivity index (χ0v) is 17.0. The lowest BCUT2D eigenvalue weighted by Gasteiger charge is -2.22. The fraction of sp³-hybridized carbons (Fsp3) is 0.647. The summed E-state index contributed by atoms with van der Waals surface area (Å²) in [6.45, 7) is 2.20. The van der Waals surface area contributed by atoms with Gasteiger partial charge in [-0.05, 0) is 76.5 Å². The standard InChI is InChI=1S/C17H25BOS4/c1-2-13-12-15(10-11-16(13)21-23-22-17(18)20)19-14-8-6-4-3-5-7-9-14/h10-12,14,17,20H,2-9H2,1H3. The molecule has 0 heterocycles. The number of aryl methyl sites for hydroxylation is 1. The monoisotopic (exact) mass is 384 g/mol. The molecule has 0 spiro atoms. The van der Waals surface area contributed by atoms with Crippen molar-refractivity contribution in [1.82, 2.24) is 0 Å². The van der Waals surface area contributed by atoms with E-state index in [9.17, 15) is 0 Å². The summed E-state index contributed by atoms with van der Waals surface area (Å²) in [6.07, 6.45) is 10.5. The molecule has 1 aliphatic rings. The van der Waals surface area contributed by atoms with Crippen LogP contribution in [0.1, 0.15) is 57.4 Å². The second-order valence-corrected chi connectivity index (χ2v) is 10.9. The van der Waals surface area contributed by atoms with Crippen molar-refractivity contribution < 1.29 is 4.74 Å². The van der Waals surface area contributed by atoms with E-state index in [1.54, 1.807) is 31.4 Å². The summed E-state index contributed by atoms with van der Waals surface area (Å²) in [7, 11) is 10.7. The van der Waals surface area contributed by atoms with Gasteiger partial charge in [-0.25, -0.2) is 0 Å². The molecule has 1 unspecified atom stereocenters. The molecule has 1 atom stereocenters. The molecule has 0 N–H and O–H groups in total. The molecule has 23 heavy (non-hydrogen) atoms. The first kappa shape index (κ1) is 19.8. The normalized spacial score (nSPS) is 18.2. The number of hydrogen-bond donors (Lipinski definition) is 1. The van der Waals surface area contributed by atoms with E-state index < -0.39 is 0 Å². The molecule has 1 aromatic rings. The highest BCUT2D eigenvalue weighted by atomic mass is 33.5. The van der Waals surface area contributed by atoms with Gasteiger partial charge in [-0.15, -0.1) is 0 Å². The quantitative estimate of drug-likeness (QED) is 0.248. The molecule has 2 radical (unpaired) electrons. The highest BCUT2D eigenvalue weighted by Gasteiger charge is 2.14. The summed E-state index contributed by atoms with van der Waals surface area (Å²) in [5.74, 6) is 1.03. The molecule has 6 heteroatoms. The Morgan fingerprint density at radius 3 is 2.57 bits per heavy atom. The molecule has 2 rings (SSSR count). The largest absolute Gasteiger partial charge is 0.490 e. The molecule has 1 nitrogen and oxygen atoms in total. The molecule has 1 aliphatic carbocycles. The van der Waals surface area contributed by atoms with Crippen LogP contribution in [-0.2, 0) is 6.42 Å². The predicted molar refractivity (Wildman–Crippen MR) is 112 cm³/mol. The minimum Gasteiger partial charge on any atom is -0.490 e. The number of rotatable bonds is 7. The lowest BCUT2D eigenvalue weighted by atomic mass is 9.98. The van der Waals surface area contributed by atoms with Gasteiger partial charge < -0.3 is 4.74 Å². The van der Waals surface area contributed by atoms with Gasteiger partial charge in [0.15, 0.2) is 0 Å². The molecule has 1 saturated carbocycles. The van der Waals surface area contributed by atoms with E-state index in [1.165, 1.54) is 55.4 Å². The van der Waals surface area contributed by atoms with Crippen LogP contribution in [0.4, 0.5) is 0 Å². The maximum Gasteiger partial charge on any atom is 0.120 e. The predicted octanol–water partition coefficient (Wildman–Crippen LogP) is 6.51. The SMILES string of the molecule is [B]C(S)SSSc1ccc(OC2CCCCCCC2)cc1CC. The van der Waals surface area contributed by atoms with Gasteiger partial charge in [-0.3, -0.25) is 0 Å². The summed E-state index contributed by atoms with van der Waals surface area (Å²) in [5.41, 5.74) is 1.35. The Balaban J connectivity index is 1.94. The Kier molecular flexibility index (Phi) is 9.62. The highest BCUT2D eigenvalue weighted by molar-refractivity contribution is 9.10. The smallest absolute Gasteiger partial charge is 0.120 e. The van der Waals surface area contributed by atoms with E-state index in [4.69, 9.17) is 12.6 Å². The van der Waals surface area contributed by atoms with Crippen LogP contribution in [-0.4, -0.2) is 18.4 Å². The topological polar surface area (TPSA) is 9.23 Å². The Labute approximate surface area is 159 Å². The molecule has 0 amide bonds. The number of benzene rings is 1. The van der Waals surface area contributed by atoms with Gasteiger partial charge in [0.05, 0.1) is 6.10 Å². The van der Waals surface area contributed by atoms with Crippen molar-refractivity contribution in [2.75, 3.05) is 0 Å². The Bertz CT molecular complexity index is 462. The first-order chi connectivity index (χ1) is 11.2. The molecule has 0 aliphatic heterocycles. The van der Waals surface area contributed by atoms with Crippen molar-refractivity contribution in [3.63, 3.8) is 0 Å². The highest BCUT2D eigenvalue weighted by Crippen LogP contribution is 2.44. The third-order valence-electron chi connectivity index (χ3n) is 4.03. The summed E-state index contributed by atoms with van der Waals surface area (Å²) >= 11 is 4.19. The second-order valence-electron chi connectivity index (χ2n) is 5.85. The van der Waals surface area contributed by atoms with Crippen LogP contribution >= 0.6 is 44.0 Å².